The van der Waals surface area contributed by atoms with E-state index >= 15 is 0 Å². The Balaban J connectivity index is 1.77. The Kier molecular flexibility index (Phi) is 5.16. The van der Waals surface area contributed by atoms with Crippen LogP contribution >= 0.6 is 0 Å². The molecule has 1 heterocycles. The first-order chi connectivity index (χ1) is 12.2. The van der Waals surface area contributed by atoms with E-state index in [9.17, 15) is 10.1 Å². The number of hydrogen-bond acceptors (Lipinski definition) is 6. The second-order valence-corrected chi connectivity index (χ2v) is 5.21. The maximum absolute atomic E-state index is 11.5. The van der Waals surface area contributed by atoms with Gasteiger partial charge in [-0.2, -0.15) is 4.98 Å². The van der Waals surface area contributed by atoms with E-state index in [4.69, 9.17) is 4.74 Å². The van der Waals surface area contributed by atoms with Crippen LogP contribution in [0.1, 0.15) is 5.56 Å². The van der Waals surface area contributed by atoms with Gasteiger partial charge in [0.05, 0.1) is 4.92 Å². The molecule has 0 aliphatic carbocycles. The zero-order chi connectivity index (χ0) is 17.5. The lowest BCUT2D eigenvalue weighted by Gasteiger charge is -2.09. The second-order valence-electron chi connectivity index (χ2n) is 5.21. The van der Waals surface area contributed by atoms with Gasteiger partial charge in [0.2, 0.25) is 5.82 Å². The van der Waals surface area contributed by atoms with E-state index in [0.29, 0.717) is 12.3 Å². The van der Waals surface area contributed by atoms with Crippen molar-refractivity contribution in [1.82, 2.24) is 9.97 Å². The highest BCUT2D eigenvalue weighted by atomic mass is 16.6. The number of rotatable bonds is 7. The molecule has 0 spiro atoms. The first kappa shape index (κ1) is 16.4. The van der Waals surface area contributed by atoms with E-state index in [1.54, 1.807) is 24.3 Å². The summed E-state index contributed by atoms with van der Waals surface area (Å²) in [4.78, 5) is 18.8. The summed E-state index contributed by atoms with van der Waals surface area (Å²) in [6, 6.07) is 18.6. The van der Waals surface area contributed by atoms with Gasteiger partial charge in [0, 0.05) is 6.54 Å². The van der Waals surface area contributed by atoms with E-state index in [2.05, 4.69) is 15.3 Å². The fourth-order valence-corrected chi connectivity index (χ4v) is 2.30. The topological polar surface area (TPSA) is 90.2 Å². The molecule has 25 heavy (non-hydrogen) atoms. The molecule has 1 N–H and O–H groups in total. The highest BCUT2D eigenvalue weighted by Crippen LogP contribution is 2.33. The number of para-hydroxylation sites is 1. The zero-order valence-corrected chi connectivity index (χ0v) is 13.3. The van der Waals surface area contributed by atoms with Gasteiger partial charge in [-0.3, -0.25) is 10.1 Å². The van der Waals surface area contributed by atoms with Crippen molar-refractivity contribution in [2.24, 2.45) is 0 Å². The molecular formula is C18H16N4O3. The third-order valence-corrected chi connectivity index (χ3v) is 3.48. The summed E-state index contributed by atoms with van der Waals surface area (Å²) in [5.41, 5.74) is 0.854. The molecule has 3 aromatic rings. The highest BCUT2D eigenvalue weighted by Gasteiger charge is 2.24. The van der Waals surface area contributed by atoms with Crippen molar-refractivity contribution in [2.75, 3.05) is 11.9 Å². The Hall–Kier alpha value is -3.48. The van der Waals surface area contributed by atoms with Crippen molar-refractivity contribution in [1.29, 1.82) is 0 Å². The molecule has 2 aromatic carbocycles. The molecular weight excluding hydrogens is 320 g/mol. The molecule has 0 saturated heterocycles. The molecule has 0 aliphatic rings. The van der Waals surface area contributed by atoms with Crippen molar-refractivity contribution < 1.29 is 9.66 Å². The quantitative estimate of drug-likeness (QED) is 0.521. The van der Waals surface area contributed by atoms with Crippen LogP contribution in [-0.4, -0.2) is 21.4 Å². The molecule has 1 aromatic heterocycles. The molecule has 0 amide bonds. The summed E-state index contributed by atoms with van der Waals surface area (Å²) >= 11 is 0. The lowest BCUT2D eigenvalue weighted by Crippen LogP contribution is -2.10. The van der Waals surface area contributed by atoms with Gasteiger partial charge >= 0.3 is 11.6 Å². The molecule has 126 valence electrons. The highest BCUT2D eigenvalue weighted by molar-refractivity contribution is 5.61. The molecule has 3 rings (SSSR count). The first-order valence-corrected chi connectivity index (χ1v) is 7.74. The van der Waals surface area contributed by atoms with E-state index < -0.39 is 4.92 Å². The van der Waals surface area contributed by atoms with E-state index in [1.807, 2.05) is 36.4 Å². The predicted molar refractivity (Wildman–Crippen MR) is 93.8 cm³/mol. The Labute approximate surface area is 144 Å². The fraction of sp³-hybridized carbons (Fsp3) is 0.111. The van der Waals surface area contributed by atoms with Crippen LogP contribution in [0.4, 0.5) is 11.5 Å². The van der Waals surface area contributed by atoms with Crippen molar-refractivity contribution in [2.45, 2.75) is 6.42 Å². The molecule has 0 aliphatic heterocycles. The standard InChI is InChI=1S/C18H16N4O3/c23-22(24)16-17(19-12-11-14-7-3-1-4-8-14)20-13-21-18(16)25-15-9-5-2-6-10-15/h1-10,13H,11-12H2,(H,19,20,21). The van der Waals surface area contributed by atoms with E-state index in [1.165, 1.54) is 6.33 Å². The van der Waals surface area contributed by atoms with Gasteiger partial charge in [-0.1, -0.05) is 48.5 Å². The van der Waals surface area contributed by atoms with Gasteiger partial charge in [-0.15, -0.1) is 0 Å². The number of anilines is 1. The smallest absolute Gasteiger partial charge is 0.373 e. The van der Waals surface area contributed by atoms with Gasteiger partial charge in [0.1, 0.15) is 12.1 Å². The molecule has 0 bridgehead atoms. The van der Waals surface area contributed by atoms with Crippen molar-refractivity contribution in [3.63, 3.8) is 0 Å². The van der Waals surface area contributed by atoms with E-state index in [0.717, 1.165) is 12.0 Å². The number of nitrogens with one attached hydrogen (secondary N) is 1. The molecule has 0 saturated carbocycles. The number of ether oxygens (including phenoxy) is 1. The van der Waals surface area contributed by atoms with Crippen LogP contribution < -0.4 is 10.1 Å². The second kappa shape index (κ2) is 7.87. The summed E-state index contributed by atoms with van der Waals surface area (Å²) < 4.78 is 5.54. The predicted octanol–water partition coefficient (Wildman–Crippen LogP) is 3.83. The maximum Gasteiger partial charge on any atom is 0.373 e. The molecule has 7 heteroatoms. The van der Waals surface area contributed by atoms with E-state index in [-0.39, 0.29) is 17.4 Å². The average molecular weight is 336 g/mol. The minimum atomic E-state index is -0.539. The van der Waals surface area contributed by atoms with Crippen LogP contribution in [0.5, 0.6) is 11.6 Å². The molecule has 0 atom stereocenters. The third kappa shape index (κ3) is 4.29. The molecule has 0 unspecified atom stereocenters. The van der Waals surface area contributed by atoms with Gasteiger partial charge in [0.25, 0.3) is 0 Å². The number of hydrogen-bond donors (Lipinski definition) is 1. The first-order valence-electron chi connectivity index (χ1n) is 7.74. The normalized spacial score (nSPS) is 10.2. The molecule has 0 radical (unpaired) electrons. The number of nitro groups is 1. The van der Waals surface area contributed by atoms with Crippen molar-refractivity contribution in [3.8, 4) is 11.6 Å². The number of aromatic nitrogens is 2. The largest absolute Gasteiger partial charge is 0.434 e. The Morgan fingerprint density at radius 2 is 1.68 bits per heavy atom. The zero-order valence-electron chi connectivity index (χ0n) is 13.3. The molecule has 0 fully saturated rings. The minimum absolute atomic E-state index is 0.0894. The summed E-state index contributed by atoms with van der Waals surface area (Å²) in [5, 5.41) is 14.5. The average Bonchev–Trinajstić information content (AvgIpc) is 2.63. The lowest BCUT2D eigenvalue weighted by molar-refractivity contribution is -0.385. The van der Waals surface area contributed by atoms with Gasteiger partial charge in [-0.05, 0) is 24.1 Å². The van der Waals surface area contributed by atoms with Gasteiger partial charge in [0.15, 0.2) is 0 Å². The lowest BCUT2D eigenvalue weighted by atomic mass is 10.1. The van der Waals surface area contributed by atoms with Crippen LogP contribution in [0.15, 0.2) is 67.0 Å². The van der Waals surface area contributed by atoms with Crippen LogP contribution in [0.3, 0.4) is 0 Å². The third-order valence-electron chi connectivity index (χ3n) is 3.48. The van der Waals surface area contributed by atoms with Crippen LogP contribution in [0, 0.1) is 10.1 Å². The Morgan fingerprint density at radius 1 is 1.00 bits per heavy atom. The monoisotopic (exact) mass is 336 g/mol. The Bertz CT molecular complexity index is 841. The van der Waals surface area contributed by atoms with Crippen LogP contribution in [0.25, 0.3) is 0 Å². The minimum Gasteiger partial charge on any atom is -0.434 e. The summed E-state index contributed by atoms with van der Waals surface area (Å²) in [6.45, 7) is 0.507. The fourth-order valence-electron chi connectivity index (χ4n) is 2.30. The Morgan fingerprint density at radius 3 is 2.36 bits per heavy atom. The maximum atomic E-state index is 11.5. The summed E-state index contributed by atoms with van der Waals surface area (Å²) in [7, 11) is 0. The number of nitrogens with zero attached hydrogens (tertiary/aromatic N) is 3. The number of benzene rings is 2. The molecule has 7 nitrogen and oxygen atoms in total. The van der Waals surface area contributed by atoms with Crippen molar-refractivity contribution in [3.05, 3.63) is 82.7 Å². The van der Waals surface area contributed by atoms with Crippen LogP contribution in [0.2, 0.25) is 0 Å². The summed E-state index contributed by atoms with van der Waals surface area (Å²) in [5.74, 6) is 0.523. The van der Waals surface area contributed by atoms with Crippen molar-refractivity contribution >= 4 is 11.5 Å². The SMILES string of the molecule is O=[N+]([O-])c1c(NCCc2ccccc2)ncnc1Oc1ccccc1. The van der Waals surface area contributed by atoms with Crippen LogP contribution in [-0.2, 0) is 6.42 Å². The van der Waals surface area contributed by atoms with Gasteiger partial charge in [-0.25, -0.2) is 4.98 Å². The summed E-state index contributed by atoms with van der Waals surface area (Å²) in [6.07, 6.45) is 1.97. The van der Waals surface area contributed by atoms with Gasteiger partial charge < -0.3 is 10.1 Å².